The van der Waals surface area contributed by atoms with Crippen LogP contribution >= 0.6 is 0 Å². The molecule has 0 spiro atoms. The van der Waals surface area contributed by atoms with Gasteiger partial charge in [0.1, 0.15) is 5.76 Å². The van der Waals surface area contributed by atoms with Gasteiger partial charge in [-0.25, -0.2) is 0 Å². The highest BCUT2D eigenvalue weighted by Crippen LogP contribution is 2.26. The van der Waals surface area contributed by atoms with Crippen LogP contribution in [-0.4, -0.2) is 35.4 Å². The van der Waals surface area contributed by atoms with Gasteiger partial charge in [-0.3, -0.25) is 14.6 Å². The number of ether oxygens (including phenoxy) is 1. The number of pyridine rings is 1. The Bertz CT molecular complexity index is 1120. The Morgan fingerprint density at radius 1 is 1.22 bits per heavy atom. The Hall–Kier alpha value is -3.45. The van der Waals surface area contributed by atoms with Crippen molar-refractivity contribution in [3.05, 3.63) is 88.1 Å². The number of nitrogens with zero attached hydrogens (tertiary/aromatic N) is 2. The first-order valence-electron chi connectivity index (χ1n) is 10.6. The smallest absolute Gasteiger partial charge is 0.257 e. The molecule has 1 aromatic carbocycles. The highest BCUT2D eigenvalue weighted by molar-refractivity contribution is 5.95. The molecule has 1 aliphatic heterocycles. The van der Waals surface area contributed by atoms with Crippen LogP contribution in [0.2, 0.25) is 0 Å². The topological polar surface area (TPSA) is 84.7 Å². The molecule has 2 amide bonds. The van der Waals surface area contributed by atoms with Crippen LogP contribution in [0, 0.1) is 13.8 Å². The van der Waals surface area contributed by atoms with E-state index < -0.39 is 6.10 Å². The lowest BCUT2D eigenvalue weighted by Crippen LogP contribution is -2.37. The third-order valence-electron chi connectivity index (χ3n) is 5.99. The molecule has 3 heterocycles. The number of amides is 2. The summed E-state index contributed by atoms with van der Waals surface area (Å²) in [6.45, 7) is 5.18. The summed E-state index contributed by atoms with van der Waals surface area (Å²) in [5, 5.41) is 3.01. The number of fused-ring (bicyclic) bond motifs is 1. The minimum atomic E-state index is -0.671. The molecule has 1 N–H and O–H groups in total. The molecule has 0 aliphatic carbocycles. The Labute approximate surface area is 187 Å². The number of benzene rings is 1. The van der Waals surface area contributed by atoms with Crippen molar-refractivity contribution in [3.63, 3.8) is 0 Å². The van der Waals surface area contributed by atoms with Gasteiger partial charge in [-0.15, -0.1) is 0 Å². The first kappa shape index (κ1) is 21.8. The molecule has 32 heavy (non-hydrogen) atoms. The van der Waals surface area contributed by atoms with E-state index in [2.05, 4.69) is 10.3 Å². The van der Waals surface area contributed by atoms with Crippen LogP contribution in [0.5, 0.6) is 0 Å². The zero-order valence-corrected chi connectivity index (χ0v) is 18.6. The molecule has 7 nitrogen and oxygen atoms in total. The van der Waals surface area contributed by atoms with Crippen LogP contribution < -0.4 is 5.32 Å². The predicted molar refractivity (Wildman–Crippen MR) is 119 cm³/mol. The fourth-order valence-electron chi connectivity index (χ4n) is 4.20. The SMILES string of the molecule is CO[C@H](C(=O)NCc1c(C)ncc2c1CCN(C(=O)c1ccoc1C)C2)c1ccccc1. The van der Waals surface area contributed by atoms with Gasteiger partial charge in [-0.2, -0.15) is 0 Å². The number of hydrogen-bond acceptors (Lipinski definition) is 5. The maximum atomic E-state index is 12.9. The van der Waals surface area contributed by atoms with Crippen LogP contribution in [-0.2, 0) is 29.0 Å². The molecule has 7 heteroatoms. The molecule has 1 atom stereocenters. The monoisotopic (exact) mass is 433 g/mol. The van der Waals surface area contributed by atoms with E-state index in [-0.39, 0.29) is 11.8 Å². The van der Waals surface area contributed by atoms with Gasteiger partial charge in [-0.1, -0.05) is 30.3 Å². The third-order valence-corrected chi connectivity index (χ3v) is 5.99. The summed E-state index contributed by atoms with van der Waals surface area (Å²) in [5.41, 5.74) is 5.44. The lowest BCUT2D eigenvalue weighted by Gasteiger charge is -2.30. The summed E-state index contributed by atoms with van der Waals surface area (Å²) >= 11 is 0. The Morgan fingerprint density at radius 2 is 2.00 bits per heavy atom. The van der Waals surface area contributed by atoms with Gasteiger partial charge in [0.15, 0.2) is 6.10 Å². The van der Waals surface area contributed by atoms with E-state index in [4.69, 9.17) is 9.15 Å². The first-order valence-corrected chi connectivity index (χ1v) is 10.6. The number of hydrogen-bond donors (Lipinski definition) is 1. The number of methoxy groups -OCH3 is 1. The second kappa shape index (κ2) is 9.36. The summed E-state index contributed by atoms with van der Waals surface area (Å²) in [5.74, 6) is 0.388. The lowest BCUT2D eigenvalue weighted by atomic mass is 9.94. The average molecular weight is 434 g/mol. The van der Waals surface area contributed by atoms with E-state index in [0.29, 0.717) is 37.4 Å². The van der Waals surface area contributed by atoms with Crippen molar-refractivity contribution < 1.29 is 18.7 Å². The van der Waals surface area contributed by atoms with Crippen LogP contribution in [0.3, 0.4) is 0 Å². The molecule has 0 saturated carbocycles. The molecular weight excluding hydrogens is 406 g/mol. The molecule has 4 rings (SSSR count). The van der Waals surface area contributed by atoms with Crippen LogP contribution in [0.4, 0.5) is 0 Å². The van der Waals surface area contributed by atoms with Crippen molar-refractivity contribution in [1.82, 2.24) is 15.2 Å². The molecule has 0 unspecified atom stereocenters. The minimum absolute atomic E-state index is 0.0388. The average Bonchev–Trinajstić information content (AvgIpc) is 3.24. The van der Waals surface area contributed by atoms with Crippen molar-refractivity contribution in [3.8, 4) is 0 Å². The number of aryl methyl sites for hydroxylation is 2. The number of nitrogens with one attached hydrogen (secondary N) is 1. The van der Waals surface area contributed by atoms with E-state index in [1.807, 2.05) is 48.4 Å². The maximum absolute atomic E-state index is 12.9. The zero-order valence-electron chi connectivity index (χ0n) is 18.6. The van der Waals surface area contributed by atoms with E-state index in [0.717, 1.165) is 27.9 Å². The molecule has 2 aromatic heterocycles. The van der Waals surface area contributed by atoms with Gasteiger partial charge in [0.25, 0.3) is 11.8 Å². The molecule has 0 saturated heterocycles. The quantitative estimate of drug-likeness (QED) is 0.643. The van der Waals surface area contributed by atoms with Crippen molar-refractivity contribution in [2.24, 2.45) is 0 Å². The molecular formula is C25H27N3O4. The maximum Gasteiger partial charge on any atom is 0.257 e. The van der Waals surface area contributed by atoms with Crippen molar-refractivity contribution in [2.45, 2.75) is 39.5 Å². The zero-order chi connectivity index (χ0) is 22.7. The summed E-state index contributed by atoms with van der Waals surface area (Å²) in [6.07, 6.45) is 3.41. The molecule has 0 bridgehead atoms. The van der Waals surface area contributed by atoms with Crippen LogP contribution in [0.1, 0.15) is 50.2 Å². The molecule has 166 valence electrons. The first-order chi connectivity index (χ1) is 15.5. The fourth-order valence-corrected chi connectivity index (χ4v) is 4.20. The number of carbonyl (C=O) groups is 2. The number of carbonyl (C=O) groups excluding carboxylic acids is 2. The van der Waals surface area contributed by atoms with E-state index in [9.17, 15) is 9.59 Å². The standard InChI is InChI=1S/C25H27N3O4/c1-16-22(14-27-24(29)23(31-3)18-7-5-4-6-8-18)21-9-11-28(15-19(21)13-26-16)25(30)20-10-12-32-17(20)2/h4-8,10,12-13,23H,9,11,14-15H2,1-3H3,(H,27,29)/t23-/m0/s1. The van der Waals surface area contributed by atoms with E-state index in [1.165, 1.54) is 13.4 Å². The van der Waals surface area contributed by atoms with Crippen LogP contribution in [0.25, 0.3) is 0 Å². The summed E-state index contributed by atoms with van der Waals surface area (Å²) in [6, 6.07) is 11.1. The van der Waals surface area contributed by atoms with Gasteiger partial charge in [0.2, 0.25) is 0 Å². The van der Waals surface area contributed by atoms with Gasteiger partial charge in [0, 0.05) is 38.6 Å². The normalized spacial score (nSPS) is 14.0. The Kier molecular flexibility index (Phi) is 6.37. The van der Waals surface area contributed by atoms with E-state index >= 15 is 0 Å². The van der Waals surface area contributed by atoms with Gasteiger partial charge >= 0.3 is 0 Å². The highest BCUT2D eigenvalue weighted by Gasteiger charge is 2.27. The van der Waals surface area contributed by atoms with Crippen molar-refractivity contribution in [2.75, 3.05) is 13.7 Å². The fraction of sp³-hybridized carbons (Fsp3) is 0.320. The van der Waals surface area contributed by atoms with Crippen molar-refractivity contribution >= 4 is 11.8 Å². The van der Waals surface area contributed by atoms with E-state index in [1.54, 1.807) is 13.0 Å². The van der Waals surface area contributed by atoms with Gasteiger partial charge in [-0.05, 0) is 48.6 Å². The minimum Gasteiger partial charge on any atom is -0.469 e. The second-order valence-electron chi connectivity index (χ2n) is 7.94. The third kappa shape index (κ3) is 4.29. The number of furan rings is 1. The number of aromatic nitrogens is 1. The lowest BCUT2D eigenvalue weighted by molar-refractivity contribution is -0.131. The Balaban J connectivity index is 1.49. The summed E-state index contributed by atoms with van der Waals surface area (Å²) in [4.78, 5) is 32.0. The predicted octanol–water partition coefficient (Wildman–Crippen LogP) is 3.49. The second-order valence-corrected chi connectivity index (χ2v) is 7.94. The highest BCUT2D eigenvalue weighted by atomic mass is 16.5. The van der Waals surface area contributed by atoms with Gasteiger partial charge < -0.3 is 19.4 Å². The van der Waals surface area contributed by atoms with Gasteiger partial charge in [0.05, 0.1) is 11.8 Å². The Morgan fingerprint density at radius 3 is 2.69 bits per heavy atom. The summed E-state index contributed by atoms with van der Waals surface area (Å²) < 4.78 is 10.7. The molecule has 1 aliphatic rings. The van der Waals surface area contributed by atoms with Crippen molar-refractivity contribution in [1.29, 1.82) is 0 Å². The largest absolute Gasteiger partial charge is 0.469 e. The van der Waals surface area contributed by atoms with Crippen LogP contribution in [0.15, 0.2) is 53.3 Å². The molecule has 3 aromatic rings. The number of rotatable bonds is 6. The summed E-state index contributed by atoms with van der Waals surface area (Å²) in [7, 11) is 1.53. The molecule has 0 radical (unpaired) electrons. The molecule has 0 fully saturated rings.